The van der Waals surface area contributed by atoms with Gasteiger partial charge in [-0.25, -0.2) is 4.39 Å². The maximum Gasteiger partial charge on any atom is 0.126 e. The van der Waals surface area contributed by atoms with Crippen LogP contribution in [0.15, 0.2) is 18.2 Å². The van der Waals surface area contributed by atoms with Crippen molar-refractivity contribution < 1.29 is 4.39 Å². The Hall–Kier alpha value is -0.760. The van der Waals surface area contributed by atoms with E-state index in [0.29, 0.717) is 22.4 Å². The summed E-state index contributed by atoms with van der Waals surface area (Å²) in [7, 11) is 0. The van der Waals surface area contributed by atoms with Crippen LogP contribution in [0.1, 0.15) is 33.6 Å². The van der Waals surface area contributed by atoms with E-state index in [1.165, 1.54) is 18.6 Å². The van der Waals surface area contributed by atoms with Gasteiger partial charge in [-0.05, 0) is 42.4 Å². The third-order valence-electron chi connectivity index (χ3n) is 3.55. The van der Waals surface area contributed by atoms with Crippen LogP contribution in [0.25, 0.3) is 0 Å². The molecule has 0 heterocycles. The van der Waals surface area contributed by atoms with Crippen LogP contribution >= 0.6 is 11.6 Å². The monoisotopic (exact) mass is 255 g/mol. The molecule has 0 spiro atoms. The molecule has 3 heteroatoms. The molecule has 1 fully saturated rings. The number of hydrogen-bond donors (Lipinski definition) is 1. The smallest absolute Gasteiger partial charge is 0.126 e. The molecule has 94 valence electrons. The molecule has 1 aromatic rings. The fraction of sp³-hybridized carbons (Fsp3) is 0.571. The number of benzene rings is 1. The van der Waals surface area contributed by atoms with Crippen molar-refractivity contribution in [3.05, 3.63) is 29.0 Å². The lowest BCUT2D eigenvalue weighted by Gasteiger charge is -2.20. The molecule has 1 aliphatic carbocycles. The standard InChI is InChI=1S/C14H19ClFN/c1-9-7-14(2,3)8-13(9)17-12-5-10(15)4-11(16)6-12/h4-6,9,13,17H,7-8H2,1-3H3. The van der Waals surface area contributed by atoms with Crippen LogP contribution < -0.4 is 5.32 Å². The zero-order valence-corrected chi connectivity index (χ0v) is 11.3. The Morgan fingerprint density at radius 3 is 2.53 bits per heavy atom. The minimum Gasteiger partial charge on any atom is -0.382 e. The molecule has 1 aromatic carbocycles. The van der Waals surface area contributed by atoms with Crippen LogP contribution in [0.5, 0.6) is 0 Å². The minimum atomic E-state index is -0.287. The molecule has 1 nitrogen and oxygen atoms in total. The summed E-state index contributed by atoms with van der Waals surface area (Å²) in [4.78, 5) is 0. The number of rotatable bonds is 2. The summed E-state index contributed by atoms with van der Waals surface area (Å²) in [5.74, 6) is 0.317. The van der Waals surface area contributed by atoms with Crippen molar-refractivity contribution in [1.82, 2.24) is 0 Å². The first kappa shape index (κ1) is 12.7. The summed E-state index contributed by atoms with van der Waals surface area (Å²) in [6.45, 7) is 6.81. The Bertz CT molecular complexity index is 396. The summed E-state index contributed by atoms with van der Waals surface area (Å²) in [5, 5.41) is 3.85. The summed E-state index contributed by atoms with van der Waals surface area (Å²) >= 11 is 5.85. The van der Waals surface area contributed by atoms with Gasteiger partial charge in [0.1, 0.15) is 5.82 Å². The lowest BCUT2D eigenvalue weighted by Crippen LogP contribution is -2.22. The average molecular weight is 256 g/mol. The molecule has 17 heavy (non-hydrogen) atoms. The van der Waals surface area contributed by atoms with Crippen molar-refractivity contribution in [1.29, 1.82) is 0 Å². The predicted octanol–water partition coefficient (Wildman–Crippen LogP) is 4.72. The van der Waals surface area contributed by atoms with Crippen molar-refractivity contribution in [3.63, 3.8) is 0 Å². The van der Waals surface area contributed by atoms with Gasteiger partial charge in [0.2, 0.25) is 0 Å². The Morgan fingerprint density at radius 1 is 1.29 bits per heavy atom. The molecule has 0 radical (unpaired) electrons. The molecule has 0 aliphatic heterocycles. The highest BCUT2D eigenvalue weighted by Gasteiger charge is 2.36. The van der Waals surface area contributed by atoms with Crippen LogP contribution in [-0.2, 0) is 0 Å². The van der Waals surface area contributed by atoms with E-state index < -0.39 is 0 Å². The van der Waals surface area contributed by atoms with Crippen molar-refractivity contribution in [2.45, 2.75) is 39.7 Å². The van der Waals surface area contributed by atoms with Gasteiger partial charge in [-0.3, -0.25) is 0 Å². The number of halogens is 2. The van der Waals surface area contributed by atoms with Gasteiger partial charge in [0, 0.05) is 16.8 Å². The second-order valence-electron chi connectivity index (χ2n) is 5.96. The molecule has 1 aliphatic rings. The Balaban J connectivity index is 2.11. The van der Waals surface area contributed by atoms with Crippen molar-refractivity contribution in [2.75, 3.05) is 5.32 Å². The van der Waals surface area contributed by atoms with Crippen LogP contribution in [0.3, 0.4) is 0 Å². The highest BCUT2D eigenvalue weighted by atomic mass is 35.5. The molecule has 0 bridgehead atoms. The Kier molecular flexibility index (Phi) is 3.35. The molecule has 0 amide bonds. The first-order valence-corrected chi connectivity index (χ1v) is 6.46. The largest absolute Gasteiger partial charge is 0.382 e. The third-order valence-corrected chi connectivity index (χ3v) is 3.77. The highest BCUT2D eigenvalue weighted by Crippen LogP contribution is 2.42. The first-order chi connectivity index (χ1) is 7.85. The van der Waals surface area contributed by atoms with Gasteiger partial charge >= 0.3 is 0 Å². The maximum absolute atomic E-state index is 13.2. The van der Waals surface area contributed by atoms with Gasteiger partial charge in [-0.2, -0.15) is 0 Å². The Labute approximate surface area is 107 Å². The van der Waals surface area contributed by atoms with E-state index in [-0.39, 0.29) is 5.82 Å². The molecule has 1 saturated carbocycles. The molecular weight excluding hydrogens is 237 g/mol. The van der Waals surface area contributed by atoms with Gasteiger partial charge in [0.25, 0.3) is 0 Å². The van der Waals surface area contributed by atoms with Crippen molar-refractivity contribution in [3.8, 4) is 0 Å². The SMILES string of the molecule is CC1CC(C)(C)CC1Nc1cc(F)cc(Cl)c1. The summed E-state index contributed by atoms with van der Waals surface area (Å²) in [6.07, 6.45) is 2.32. The molecule has 2 atom stereocenters. The molecule has 2 unspecified atom stereocenters. The lowest BCUT2D eigenvalue weighted by molar-refractivity contribution is 0.366. The van der Waals surface area contributed by atoms with E-state index in [0.717, 1.165) is 12.1 Å². The molecule has 2 rings (SSSR count). The maximum atomic E-state index is 13.2. The predicted molar refractivity (Wildman–Crippen MR) is 71.0 cm³/mol. The van der Waals surface area contributed by atoms with E-state index in [9.17, 15) is 4.39 Å². The zero-order chi connectivity index (χ0) is 12.6. The minimum absolute atomic E-state index is 0.287. The van der Waals surface area contributed by atoms with Gasteiger partial charge in [0.15, 0.2) is 0 Å². The topological polar surface area (TPSA) is 12.0 Å². The van der Waals surface area contributed by atoms with E-state index in [1.807, 2.05) is 0 Å². The summed E-state index contributed by atoms with van der Waals surface area (Å²) < 4.78 is 13.2. The quantitative estimate of drug-likeness (QED) is 0.807. The van der Waals surface area contributed by atoms with Gasteiger partial charge in [-0.15, -0.1) is 0 Å². The molecular formula is C14H19ClFN. The lowest BCUT2D eigenvalue weighted by atomic mass is 9.91. The average Bonchev–Trinajstić information content (AvgIpc) is 2.37. The summed E-state index contributed by atoms with van der Waals surface area (Å²) in [6, 6.07) is 5.02. The first-order valence-electron chi connectivity index (χ1n) is 6.08. The van der Waals surface area contributed by atoms with E-state index >= 15 is 0 Å². The molecule has 1 N–H and O–H groups in total. The highest BCUT2D eigenvalue weighted by molar-refractivity contribution is 6.30. The molecule has 0 aromatic heterocycles. The van der Waals surface area contributed by atoms with Gasteiger partial charge < -0.3 is 5.32 Å². The Morgan fingerprint density at radius 2 is 2.00 bits per heavy atom. The van der Waals surface area contributed by atoms with Gasteiger partial charge in [0.05, 0.1) is 0 Å². The zero-order valence-electron chi connectivity index (χ0n) is 10.6. The normalized spacial score (nSPS) is 27.1. The number of nitrogens with one attached hydrogen (secondary N) is 1. The third kappa shape index (κ3) is 3.12. The van der Waals surface area contributed by atoms with E-state index in [1.54, 1.807) is 6.07 Å². The number of hydrogen-bond acceptors (Lipinski definition) is 1. The molecule has 0 saturated heterocycles. The summed E-state index contributed by atoms with van der Waals surface area (Å²) in [5.41, 5.74) is 1.15. The second kappa shape index (κ2) is 4.49. The van der Waals surface area contributed by atoms with Crippen LogP contribution in [0, 0.1) is 17.2 Å². The number of anilines is 1. The van der Waals surface area contributed by atoms with Crippen molar-refractivity contribution >= 4 is 17.3 Å². The van der Waals surface area contributed by atoms with Crippen molar-refractivity contribution in [2.24, 2.45) is 11.3 Å². The fourth-order valence-corrected chi connectivity index (χ4v) is 3.16. The van der Waals surface area contributed by atoms with Crippen LogP contribution in [0.2, 0.25) is 5.02 Å². The van der Waals surface area contributed by atoms with E-state index in [4.69, 9.17) is 11.6 Å². The van der Waals surface area contributed by atoms with Gasteiger partial charge in [-0.1, -0.05) is 32.4 Å². The van der Waals surface area contributed by atoms with Crippen LogP contribution in [0.4, 0.5) is 10.1 Å². The fourth-order valence-electron chi connectivity index (χ4n) is 2.94. The van der Waals surface area contributed by atoms with E-state index in [2.05, 4.69) is 26.1 Å². The van der Waals surface area contributed by atoms with Crippen LogP contribution in [-0.4, -0.2) is 6.04 Å². The second-order valence-corrected chi connectivity index (χ2v) is 6.40.